The molecule has 0 aliphatic rings. The lowest BCUT2D eigenvalue weighted by Gasteiger charge is -2.02. The second-order valence-electron chi connectivity index (χ2n) is 1.85. The predicted molar refractivity (Wildman–Crippen MR) is 37.3 cm³/mol. The Labute approximate surface area is 59.8 Å². The third-order valence-electron chi connectivity index (χ3n) is 0.630. The highest BCUT2D eigenvalue weighted by Gasteiger charge is 1.87. The van der Waals surface area contributed by atoms with Gasteiger partial charge in [-0.3, -0.25) is 14.9 Å². The summed E-state index contributed by atoms with van der Waals surface area (Å²) in [6.45, 7) is 1.53. The minimum Gasteiger partial charge on any atom is -0.349 e. The molecule has 0 aromatic carbocycles. The maximum Gasteiger partial charge on any atom is 0.218 e. The summed E-state index contributed by atoms with van der Waals surface area (Å²) in [4.78, 5) is 19.9. The van der Waals surface area contributed by atoms with Gasteiger partial charge in [0.25, 0.3) is 0 Å². The van der Waals surface area contributed by atoms with Crippen molar-refractivity contribution in [3.8, 4) is 0 Å². The molecule has 1 amide bonds. The van der Waals surface area contributed by atoms with Crippen molar-refractivity contribution in [1.29, 1.82) is 0 Å². The van der Waals surface area contributed by atoms with Crippen molar-refractivity contribution in [2.75, 3.05) is 21.1 Å². The van der Waals surface area contributed by atoms with Gasteiger partial charge in [-0.05, 0) is 0 Å². The Bertz CT molecular complexity index is 118. The van der Waals surface area contributed by atoms with Crippen LogP contribution < -0.4 is 0 Å². The highest BCUT2D eigenvalue weighted by Crippen LogP contribution is 1.69. The smallest absolute Gasteiger partial charge is 0.218 e. The number of nitrogens with zero attached hydrogens (tertiary/aromatic N) is 2. The van der Waals surface area contributed by atoms with Gasteiger partial charge in [-0.15, -0.1) is 0 Å². The molecule has 5 heteroatoms. The maximum absolute atomic E-state index is 10.1. The zero-order valence-electron chi connectivity index (χ0n) is 6.62. The Morgan fingerprint density at radius 2 is 1.60 bits per heavy atom. The van der Waals surface area contributed by atoms with Crippen LogP contribution in [0, 0.1) is 10.1 Å². The predicted octanol–water partition coefficient (Wildman–Crippen LogP) is -0.0126. The Kier molecular flexibility index (Phi) is 6.98. The van der Waals surface area contributed by atoms with E-state index in [1.54, 1.807) is 14.1 Å². The number of nitro groups is 1. The van der Waals surface area contributed by atoms with Crippen LogP contribution in [0.2, 0.25) is 0 Å². The number of carbonyl (C=O) groups excluding carboxylic acids is 1. The molecule has 5 nitrogen and oxygen atoms in total. The molecule has 0 fully saturated rings. The van der Waals surface area contributed by atoms with Crippen molar-refractivity contribution in [3.63, 3.8) is 0 Å². The molecular weight excluding hydrogens is 136 g/mol. The highest BCUT2D eigenvalue weighted by atomic mass is 16.6. The van der Waals surface area contributed by atoms with Crippen LogP contribution in [0.4, 0.5) is 0 Å². The summed E-state index contributed by atoms with van der Waals surface area (Å²) >= 11 is 0. The molecule has 0 bridgehead atoms. The van der Waals surface area contributed by atoms with E-state index < -0.39 is 4.92 Å². The summed E-state index contributed by atoms with van der Waals surface area (Å²) in [5.74, 6) is 0.0926. The van der Waals surface area contributed by atoms with Gasteiger partial charge in [0.15, 0.2) is 7.05 Å². The van der Waals surface area contributed by atoms with E-state index in [0.29, 0.717) is 0 Å². The second-order valence-corrected chi connectivity index (χ2v) is 1.85. The highest BCUT2D eigenvalue weighted by molar-refractivity contribution is 5.72. The first-order valence-electron chi connectivity index (χ1n) is 2.63. The average molecular weight is 148 g/mol. The van der Waals surface area contributed by atoms with Gasteiger partial charge in [-0.1, -0.05) is 0 Å². The van der Waals surface area contributed by atoms with E-state index in [9.17, 15) is 4.79 Å². The number of hydrogen-bond donors (Lipinski definition) is 0. The molecule has 0 aliphatic carbocycles. The third kappa shape index (κ3) is 28.7. The number of rotatable bonds is 0. The van der Waals surface area contributed by atoms with Crippen molar-refractivity contribution in [2.24, 2.45) is 0 Å². The van der Waals surface area contributed by atoms with E-state index in [1.807, 2.05) is 0 Å². The fourth-order valence-electron chi connectivity index (χ4n) is 0. The van der Waals surface area contributed by atoms with Crippen LogP contribution in [-0.4, -0.2) is 36.9 Å². The van der Waals surface area contributed by atoms with Crippen LogP contribution >= 0.6 is 0 Å². The summed E-state index contributed by atoms with van der Waals surface area (Å²) in [7, 11) is 4.34. The topological polar surface area (TPSA) is 63.5 Å². The minimum absolute atomic E-state index is 0.0926. The van der Waals surface area contributed by atoms with Crippen LogP contribution in [0.25, 0.3) is 0 Å². The lowest BCUT2D eigenvalue weighted by atomic mass is 10.7. The van der Waals surface area contributed by atoms with Crippen LogP contribution in [0.3, 0.4) is 0 Å². The molecule has 0 N–H and O–H groups in total. The SMILES string of the molecule is CC(=O)N(C)C.C[N+](=O)[O-]. The Hall–Kier alpha value is -1.13. The summed E-state index contributed by atoms with van der Waals surface area (Å²) in [5, 5.41) is 8.81. The molecule has 0 rings (SSSR count). The largest absolute Gasteiger partial charge is 0.349 e. The number of carbonyl (C=O) groups is 1. The molecule has 0 saturated carbocycles. The summed E-state index contributed by atoms with van der Waals surface area (Å²) < 4.78 is 0. The van der Waals surface area contributed by atoms with Crippen molar-refractivity contribution in [3.05, 3.63) is 10.1 Å². The van der Waals surface area contributed by atoms with Crippen molar-refractivity contribution in [1.82, 2.24) is 4.90 Å². The Balaban J connectivity index is 0. The lowest BCUT2D eigenvalue weighted by molar-refractivity contribution is -0.445. The summed E-state index contributed by atoms with van der Waals surface area (Å²) in [6, 6.07) is 0. The van der Waals surface area contributed by atoms with Crippen molar-refractivity contribution >= 4 is 5.91 Å². The summed E-state index contributed by atoms with van der Waals surface area (Å²) in [5.41, 5.74) is 0. The first-order chi connectivity index (χ1) is 4.37. The van der Waals surface area contributed by atoms with Gasteiger partial charge in [0, 0.05) is 25.9 Å². The molecule has 0 unspecified atom stereocenters. The second kappa shape index (κ2) is 6.00. The fourth-order valence-corrected chi connectivity index (χ4v) is 0. The standard InChI is InChI=1S/C4H9NO.CH3NO2/c1-4(6)5(2)3;1-2(3)4/h1-3H3;1H3. The van der Waals surface area contributed by atoms with Gasteiger partial charge in [0.1, 0.15) is 0 Å². The van der Waals surface area contributed by atoms with Crippen molar-refractivity contribution in [2.45, 2.75) is 6.92 Å². The Morgan fingerprint density at radius 3 is 1.60 bits per heavy atom. The van der Waals surface area contributed by atoms with Gasteiger partial charge in [0.05, 0.1) is 0 Å². The monoisotopic (exact) mass is 148 g/mol. The third-order valence-corrected chi connectivity index (χ3v) is 0.630. The first kappa shape index (κ1) is 11.6. The van der Waals surface area contributed by atoms with E-state index in [2.05, 4.69) is 0 Å². The van der Waals surface area contributed by atoms with E-state index in [-0.39, 0.29) is 5.91 Å². The van der Waals surface area contributed by atoms with E-state index in [4.69, 9.17) is 10.1 Å². The molecule has 0 spiro atoms. The van der Waals surface area contributed by atoms with Gasteiger partial charge in [0.2, 0.25) is 5.91 Å². The van der Waals surface area contributed by atoms with Crippen molar-refractivity contribution < 1.29 is 9.72 Å². The molecule has 0 saturated heterocycles. The molecule has 0 aliphatic heterocycles. The minimum atomic E-state index is -0.500. The van der Waals surface area contributed by atoms with Crippen LogP contribution in [0.5, 0.6) is 0 Å². The molecule has 0 aromatic heterocycles. The van der Waals surface area contributed by atoms with Crippen LogP contribution in [0.15, 0.2) is 0 Å². The van der Waals surface area contributed by atoms with E-state index in [1.165, 1.54) is 11.8 Å². The fraction of sp³-hybridized carbons (Fsp3) is 0.800. The van der Waals surface area contributed by atoms with Crippen LogP contribution in [0.1, 0.15) is 6.92 Å². The van der Waals surface area contributed by atoms with E-state index >= 15 is 0 Å². The molecule has 0 atom stereocenters. The molecule has 10 heavy (non-hydrogen) atoms. The zero-order chi connectivity index (χ0) is 8.73. The van der Waals surface area contributed by atoms with Crippen LogP contribution in [-0.2, 0) is 4.79 Å². The maximum atomic E-state index is 10.1. The van der Waals surface area contributed by atoms with Gasteiger partial charge < -0.3 is 4.90 Å². The Morgan fingerprint density at radius 1 is 1.50 bits per heavy atom. The molecular formula is C5H12N2O3. The van der Waals surface area contributed by atoms with Gasteiger partial charge in [-0.25, -0.2) is 0 Å². The normalized spacial score (nSPS) is 7.20. The average Bonchev–Trinajstić information content (AvgIpc) is 1.63. The van der Waals surface area contributed by atoms with Gasteiger partial charge in [-0.2, -0.15) is 0 Å². The summed E-state index contributed by atoms with van der Waals surface area (Å²) in [6.07, 6.45) is 0. The lowest BCUT2D eigenvalue weighted by Crippen LogP contribution is -2.17. The quantitative estimate of drug-likeness (QED) is 0.358. The zero-order valence-corrected chi connectivity index (χ0v) is 6.62. The number of hydrogen-bond acceptors (Lipinski definition) is 3. The molecule has 0 aromatic rings. The van der Waals surface area contributed by atoms with Gasteiger partial charge >= 0.3 is 0 Å². The van der Waals surface area contributed by atoms with E-state index in [0.717, 1.165) is 7.05 Å². The molecule has 0 heterocycles. The number of amides is 1. The molecule has 60 valence electrons. The molecule has 0 radical (unpaired) electrons. The first-order valence-corrected chi connectivity index (χ1v) is 2.63.